The number of aromatic nitrogens is 3. The quantitative estimate of drug-likeness (QED) is 0.645. The number of imidazole rings is 1. The summed E-state index contributed by atoms with van der Waals surface area (Å²) in [6, 6.07) is 6.34. The number of piperazine rings is 1. The molecule has 160 valence electrons. The highest BCUT2D eigenvalue weighted by Crippen LogP contribution is 2.35. The van der Waals surface area contributed by atoms with Gasteiger partial charge in [0.15, 0.2) is 5.82 Å². The second kappa shape index (κ2) is 7.84. The number of carbonyl (C=O) groups excluding carboxylic acids is 1. The number of carbonyl (C=O) groups is 1. The van der Waals surface area contributed by atoms with E-state index in [1.807, 2.05) is 4.52 Å². The largest absolute Gasteiger partial charge is 0.369 e. The molecule has 3 N–H and O–H groups in total. The standard InChI is InChI=1S/C20H26FN7OS/c1-20(2,3)24-17-16(13-4-6-14(21)7-5-13)23-18-28(17)25-19(30-18)27-10-8-26(9-11-27)12-15(22)29/h4-7,24H,8-12H2,1-3H3,(H2,22,29). The molecule has 1 aliphatic rings. The molecular weight excluding hydrogens is 405 g/mol. The topological polar surface area (TPSA) is 91.8 Å². The number of benzene rings is 1. The molecular formula is C20H26FN7OS. The van der Waals surface area contributed by atoms with Crippen LogP contribution >= 0.6 is 11.3 Å². The fourth-order valence-corrected chi connectivity index (χ4v) is 4.41. The van der Waals surface area contributed by atoms with Crippen LogP contribution in [0.15, 0.2) is 24.3 Å². The lowest BCUT2D eigenvalue weighted by molar-refractivity contribution is -0.119. The normalized spacial score (nSPS) is 15.7. The lowest BCUT2D eigenvalue weighted by Crippen LogP contribution is -2.48. The Morgan fingerprint density at radius 3 is 2.47 bits per heavy atom. The van der Waals surface area contributed by atoms with Crippen molar-refractivity contribution < 1.29 is 9.18 Å². The molecule has 0 radical (unpaired) electrons. The van der Waals surface area contributed by atoms with Crippen molar-refractivity contribution in [1.82, 2.24) is 19.5 Å². The lowest BCUT2D eigenvalue weighted by atomic mass is 10.1. The van der Waals surface area contributed by atoms with Crippen LogP contribution in [-0.2, 0) is 4.79 Å². The van der Waals surface area contributed by atoms with Crippen LogP contribution in [0, 0.1) is 5.82 Å². The van der Waals surface area contributed by atoms with Crippen molar-refractivity contribution in [3.63, 3.8) is 0 Å². The highest BCUT2D eigenvalue weighted by Gasteiger charge is 2.25. The summed E-state index contributed by atoms with van der Waals surface area (Å²) in [7, 11) is 0. The monoisotopic (exact) mass is 431 g/mol. The zero-order chi connectivity index (χ0) is 21.5. The minimum Gasteiger partial charge on any atom is -0.369 e. The van der Waals surface area contributed by atoms with Gasteiger partial charge in [0, 0.05) is 37.3 Å². The molecule has 0 bridgehead atoms. The number of rotatable bonds is 5. The van der Waals surface area contributed by atoms with Crippen LogP contribution in [0.3, 0.4) is 0 Å². The Labute approximate surface area is 178 Å². The number of nitrogens with zero attached hydrogens (tertiary/aromatic N) is 5. The number of hydrogen-bond acceptors (Lipinski definition) is 7. The van der Waals surface area contributed by atoms with Gasteiger partial charge >= 0.3 is 0 Å². The first-order valence-electron chi connectivity index (χ1n) is 9.89. The first-order chi connectivity index (χ1) is 14.2. The van der Waals surface area contributed by atoms with E-state index in [9.17, 15) is 9.18 Å². The summed E-state index contributed by atoms with van der Waals surface area (Å²) < 4.78 is 15.2. The number of amides is 1. The van der Waals surface area contributed by atoms with E-state index in [0.717, 1.165) is 53.3 Å². The maximum atomic E-state index is 13.4. The number of nitrogens with one attached hydrogen (secondary N) is 1. The van der Waals surface area contributed by atoms with Crippen LogP contribution in [0.1, 0.15) is 20.8 Å². The first kappa shape index (κ1) is 20.5. The van der Waals surface area contributed by atoms with Gasteiger partial charge in [0.2, 0.25) is 16.0 Å². The lowest BCUT2D eigenvalue weighted by Gasteiger charge is -2.33. The van der Waals surface area contributed by atoms with Crippen LogP contribution in [-0.4, -0.2) is 63.7 Å². The zero-order valence-corrected chi connectivity index (χ0v) is 18.2. The fourth-order valence-electron chi connectivity index (χ4n) is 3.46. The van der Waals surface area contributed by atoms with Gasteiger partial charge in [-0.2, -0.15) is 4.52 Å². The van der Waals surface area contributed by atoms with Crippen molar-refractivity contribution in [3.8, 4) is 11.3 Å². The summed E-state index contributed by atoms with van der Waals surface area (Å²) >= 11 is 1.52. The van der Waals surface area contributed by atoms with E-state index in [1.54, 1.807) is 12.1 Å². The summed E-state index contributed by atoms with van der Waals surface area (Å²) in [5, 5.41) is 9.21. The molecule has 0 aliphatic carbocycles. The Bertz CT molecular complexity index is 1050. The second-order valence-corrected chi connectivity index (χ2v) is 9.43. The molecule has 1 amide bonds. The number of primary amides is 1. The summed E-state index contributed by atoms with van der Waals surface area (Å²) in [5.41, 5.74) is 6.69. The third-order valence-corrected chi connectivity index (χ3v) is 5.80. The predicted molar refractivity (Wildman–Crippen MR) is 117 cm³/mol. The Balaban J connectivity index is 1.64. The second-order valence-electron chi connectivity index (χ2n) is 8.50. The SMILES string of the molecule is CC(C)(C)Nc1c(-c2ccc(F)cc2)nc2sc(N3CCN(CC(N)=O)CC3)nn12. The van der Waals surface area contributed by atoms with Crippen molar-refractivity contribution in [3.05, 3.63) is 30.1 Å². The van der Waals surface area contributed by atoms with E-state index in [2.05, 4.69) is 35.9 Å². The van der Waals surface area contributed by atoms with Crippen LogP contribution < -0.4 is 16.0 Å². The Morgan fingerprint density at radius 2 is 1.87 bits per heavy atom. The number of hydrogen-bond donors (Lipinski definition) is 2. The van der Waals surface area contributed by atoms with Crippen molar-refractivity contribution in [2.75, 3.05) is 42.9 Å². The first-order valence-corrected chi connectivity index (χ1v) is 10.7. The van der Waals surface area contributed by atoms with Crippen LogP contribution in [0.2, 0.25) is 0 Å². The molecule has 1 aromatic carbocycles. The Morgan fingerprint density at radius 1 is 1.20 bits per heavy atom. The molecule has 0 atom stereocenters. The highest BCUT2D eigenvalue weighted by molar-refractivity contribution is 7.20. The van der Waals surface area contributed by atoms with Crippen molar-refractivity contribution in [2.24, 2.45) is 5.73 Å². The van der Waals surface area contributed by atoms with Crippen molar-refractivity contribution in [1.29, 1.82) is 0 Å². The van der Waals surface area contributed by atoms with Crippen LogP contribution in [0.25, 0.3) is 16.2 Å². The summed E-state index contributed by atoms with van der Waals surface area (Å²) in [6.45, 7) is 9.59. The van der Waals surface area contributed by atoms with Gasteiger partial charge < -0.3 is 16.0 Å². The minimum atomic E-state index is -0.303. The zero-order valence-electron chi connectivity index (χ0n) is 17.4. The smallest absolute Gasteiger partial charge is 0.231 e. The summed E-state index contributed by atoms with van der Waals surface area (Å²) in [5.74, 6) is 0.211. The molecule has 8 nitrogen and oxygen atoms in total. The fraction of sp³-hybridized carbons (Fsp3) is 0.450. The van der Waals surface area contributed by atoms with E-state index >= 15 is 0 Å². The van der Waals surface area contributed by atoms with E-state index in [0.29, 0.717) is 0 Å². The Hall–Kier alpha value is -2.72. The average Bonchev–Trinajstić information content (AvgIpc) is 3.21. The molecule has 1 fully saturated rings. The maximum absolute atomic E-state index is 13.4. The van der Waals surface area contributed by atoms with E-state index in [4.69, 9.17) is 15.8 Å². The highest BCUT2D eigenvalue weighted by atomic mass is 32.1. The van der Waals surface area contributed by atoms with Gasteiger partial charge in [-0.3, -0.25) is 9.69 Å². The van der Waals surface area contributed by atoms with E-state index in [-0.39, 0.29) is 23.8 Å². The van der Waals surface area contributed by atoms with Gasteiger partial charge in [-0.15, -0.1) is 5.10 Å². The molecule has 3 heterocycles. The molecule has 2 aromatic heterocycles. The molecule has 0 spiro atoms. The molecule has 0 unspecified atom stereocenters. The predicted octanol–water partition coefficient (Wildman–Crippen LogP) is 2.41. The number of anilines is 2. The summed E-state index contributed by atoms with van der Waals surface area (Å²) in [6.07, 6.45) is 0. The van der Waals surface area contributed by atoms with E-state index in [1.165, 1.54) is 23.5 Å². The average molecular weight is 432 g/mol. The van der Waals surface area contributed by atoms with Crippen molar-refractivity contribution in [2.45, 2.75) is 26.3 Å². The molecule has 1 saturated heterocycles. The van der Waals surface area contributed by atoms with E-state index < -0.39 is 0 Å². The number of nitrogens with two attached hydrogens (primary N) is 1. The number of fused-ring (bicyclic) bond motifs is 1. The molecule has 10 heteroatoms. The molecule has 30 heavy (non-hydrogen) atoms. The van der Waals surface area contributed by atoms with Gasteiger partial charge in [-0.25, -0.2) is 9.37 Å². The van der Waals surface area contributed by atoms with Gasteiger partial charge in [0.05, 0.1) is 6.54 Å². The molecule has 3 aromatic rings. The van der Waals surface area contributed by atoms with Crippen LogP contribution in [0.4, 0.5) is 15.3 Å². The van der Waals surface area contributed by atoms with Gasteiger partial charge in [-0.05, 0) is 45.0 Å². The minimum absolute atomic E-state index is 0.199. The van der Waals surface area contributed by atoms with Crippen molar-refractivity contribution >= 4 is 33.2 Å². The summed E-state index contributed by atoms with van der Waals surface area (Å²) in [4.78, 5) is 21.0. The molecule has 4 rings (SSSR count). The molecule has 1 aliphatic heterocycles. The third-order valence-electron chi connectivity index (χ3n) is 4.83. The van der Waals surface area contributed by atoms with Gasteiger partial charge in [-0.1, -0.05) is 11.3 Å². The van der Waals surface area contributed by atoms with Gasteiger partial charge in [0.1, 0.15) is 11.5 Å². The maximum Gasteiger partial charge on any atom is 0.231 e. The Kier molecular flexibility index (Phi) is 5.37. The van der Waals surface area contributed by atoms with Gasteiger partial charge in [0.25, 0.3) is 0 Å². The third kappa shape index (κ3) is 4.39. The van der Waals surface area contributed by atoms with Crippen LogP contribution in [0.5, 0.6) is 0 Å². The molecule has 0 saturated carbocycles. The number of halogens is 1.